The van der Waals surface area contributed by atoms with Crippen molar-refractivity contribution in [3.05, 3.63) is 0 Å². The van der Waals surface area contributed by atoms with E-state index < -0.39 is 17.4 Å². The highest BCUT2D eigenvalue weighted by Gasteiger charge is 2.65. The molecule has 0 bridgehead atoms. The molecule has 3 unspecified atom stereocenters. The molecule has 2 N–H and O–H groups in total. The van der Waals surface area contributed by atoms with Gasteiger partial charge in [0.25, 0.3) is 0 Å². The monoisotopic (exact) mass is 458 g/mol. The van der Waals surface area contributed by atoms with Crippen LogP contribution < -0.4 is 0 Å². The Balaban J connectivity index is 1.49. The highest BCUT2D eigenvalue weighted by Crippen LogP contribution is 2.69. The summed E-state index contributed by atoms with van der Waals surface area (Å²) in [5.74, 6) is 3.06. The molecule has 0 radical (unpaired) electrons. The zero-order valence-electron chi connectivity index (χ0n) is 20.8. The van der Waals surface area contributed by atoms with Crippen LogP contribution in [0.2, 0.25) is 0 Å². The van der Waals surface area contributed by atoms with Crippen molar-refractivity contribution in [2.75, 3.05) is 0 Å². The molecule has 4 aliphatic carbocycles. The lowest BCUT2D eigenvalue weighted by Gasteiger charge is -2.62. The summed E-state index contributed by atoms with van der Waals surface area (Å²) in [5, 5.41) is 20.6. The van der Waals surface area contributed by atoms with Crippen molar-refractivity contribution in [1.29, 1.82) is 0 Å². The Morgan fingerprint density at radius 1 is 0.906 bits per heavy atom. The first-order valence-electron chi connectivity index (χ1n) is 13.1. The topological polar surface area (TPSA) is 40.5 Å². The molecule has 4 aliphatic rings. The van der Waals surface area contributed by atoms with Crippen molar-refractivity contribution >= 4 is 0 Å². The van der Waals surface area contributed by atoms with E-state index in [0.717, 1.165) is 32.1 Å². The molecule has 4 rings (SSSR count). The maximum atomic E-state index is 13.6. The standard InChI is InChI=1S/C27H45F3O2/c1-17(10-12-23(2,3)31)20-8-9-21-19-7-6-18-16-26(32,27(28,29)30)15-14-24(18,4)22(19)11-13-25(20,21)5/h17-22,31-32H,6-16H2,1-5H3/t17-,18-,19?,20-,21?,22?,24+,25-,26-/m1/s1. The number of rotatable bonds is 4. The van der Waals surface area contributed by atoms with Crippen LogP contribution in [-0.2, 0) is 0 Å². The van der Waals surface area contributed by atoms with E-state index in [-0.39, 0.29) is 24.2 Å². The zero-order valence-corrected chi connectivity index (χ0v) is 20.8. The van der Waals surface area contributed by atoms with Gasteiger partial charge in [0, 0.05) is 0 Å². The van der Waals surface area contributed by atoms with Gasteiger partial charge in [-0.2, -0.15) is 13.2 Å². The minimum absolute atomic E-state index is 0.0172. The van der Waals surface area contributed by atoms with Crippen molar-refractivity contribution in [2.45, 2.75) is 123 Å². The first-order valence-corrected chi connectivity index (χ1v) is 13.1. The molecule has 0 aromatic carbocycles. The van der Waals surface area contributed by atoms with Gasteiger partial charge in [-0.05, 0) is 131 Å². The second-order valence-corrected chi connectivity index (χ2v) is 13.4. The van der Waals surface area contributed by atoms with E-state index in [1.54, 1.807) is 0 Å². The molecule has 0 aliphatic heterocycles. The van der Waals surface area contributed by atoms with Crippen LogP contribution in [0.4, 0.5) is 13.2 Å². The van der Waals surface area contributed by atoms with Gasteiger partial charge < -0.3 is 10.2 Å². The van der Waals surface area contributed by atoms with E-state index >= 15 is 0 Å². The first kappa shape index (κ1) is 24.8. The quantitative estimate of drug-likeness (QED) is 0.471. The van der Waals surface area contributed by atoms with Crippen LogP contribution in [-0.4, -0.2) is 27.6 Å². The lowest BCUT2D eigenvalue weighted by molar-refractivity contribution is -0.290. The predicted molar refractivity (Wildman–Crippen MR) is 121 cm³/mol. The Kier molecular flexibility index (Phi) is 6.10. The molecule has 2 nitrogen and oxygen atoms in total. The van der Waals surface area contributed by atoms with Crippen molar-refractivity contribution in [3.63, 3.8) is 0 Å². The summed E-state index contributed by atoms with van der Waals surface area (Å²) in [7, 11) is 0. The lowest BCUT2D eigenvalue weighted by Crippen LogP contribution is -2.59. The molecular formula is C27H45F3O2. The van der Waals surface area contributed by atoms with Crippen molar-refractivity contribution in [1.82, 2.24) is 0 Å². The number of fused-ring (bicyclic) bond motifs is 5. The number of hydrogen-bond acceptors (Lipinski definition) is 2. The van der Waals surface area contributed by atoms with E-state index in [0.29, 0.717) is 41.4 Å². The summed E-state index contributed by atoms with van der Waals surface area (Å²) in [6, 6.07) is 0. The van der Waals surface area contributed by atoms with Gasteiger partial charge >= 0.3 is 6.18 Å². The average molecular weight is 459 g/mol. The van der Waals surface area contributed by atoms with Gasteiger partial charge in [-0.3, -0.25) is 0 Å². The first-order chi connectivity index (χ1) is 14.6. The molecule has 5 heteroatoms. The summed E-state index contributed by atoms with van der Waals surface area (Å²) in [5.41, 5.74) is -2.84. The normalized spacial score (nSPS) is 48.0. The van der Waals surface area contributed by atoms with Gasteiger partial charge in [0.05, 0.1) is 5.60 Å². The Bertz CT molecular complexity index is 700. The summed E-state index contributed by atoms with van der Waals surface area (Å²) in [4.78, 5) is 0. The third-order valence-corrected chi connectivity index (χ3v) is 11.2. The molecular weight excluding hydrogens is 413 g/mol. The molecule has 0 aromatic rings. The Morgan fingerprint density at radius 2 is 1.56 bits per heavy atom. The fourth-order valence-electron chi connectivity index (χ4n) is 9.26. The van der Waals surface area contributed by atoms with Crippen LogP contribution in [0.3, 0.4) is 0 Å². The predicted octanol–water partition coefficient (Wildman–Crippen LogP) is 7.13. The van der Waals surface area contributed by atoms with Crippen LogP contribution in [0.25, 0.3) is 0 Å². The van der Waals surface area contributed by atoms with Crippen molar-refractivity contribution in [2.24, 2.45) is 46.3 Å². The van der Waals surface area contributed by atoms with E-state index in [1.807, 2.05) is 13.8 Å². The minimum atomic E-state index is -4.52. The Hall–Kier alpha value is -0.290. The molecule has 4 saturated carbocycles. The third kappa shape index (κ3) is 3.95. The zero-order chi connectivity index (χ0) is 23.7. The number of alkyl halides is 3. The summed E-state index contributed by atoms with van der Waals surface area (Å²) >= 11 is 0. The molecule has 186 valence electrons. The largest absolute Gasteiger partial charge is 0.417 e. The highest BCUT2D eigenvalue weighted by molar-refractivity contribution is 5.11. The molecule has 4 fully saturated rings. The van der Waals surface area contributed by atoms with Crippen LogP contribution in [0, 0.1) is 46.3 Å². The third-order valence-electron chi connectivity index (χ3n) is 11.2. The highest BCUT2D eigenvalue weighted by atomic mass is 19.4. The summed E-state index contributed by atoms with van der Waals surface area (Å²) in [6.07, 6.45) is 4.32. The van der Waals surface area contributed by atoms with Gasteiger partial charge in [0.15, 0.2) is 5.60 Å². The molecule has 0 spiro atoms. The Morgan fingerprint density at radius 3 is 2.19 bits per heavy atom. The number of aliphatic hydroxyl groups is 2. The number of halogens is 3. The SMILES string of the molecule is C[C@H](CCC(C)(C)O)[C@H]1CCC2C3CC[C@@H]4C[C@@](O)(C(F)(F)F)CC[C@]4(C)C3CC[C@@]21C. The summed E-state index contributed by atoms with van der Waals surface area (Å²) in [6.45, 7) is 10.9. The minimum Gasteiger partial charge on any atom is -0.390 e. The second-order valence-electron chi connectivity index (χ2n) is 13.4. The molecule has 0 aromatic heterocycles. The fraction of sp³-hybridized carbons (Fsp3) is 1.00. The fourth-order valence-corrected chi connectivity index (χ4v) is 9.26. The van der Waals surface area contributed by atoms with Gasteiger partial charge in [-0.1, -0.05) is 20.8 Å². The van der Waals surface area contributed by atoms with Crippen LogP contribution in [0.5, 0.6) is 0 Å². The average Bonchev–Trinajstić information content (AvgIpc) is 3.02. The van der Waals surface area contributed by atoms with Crippen LogP contribution in [0.15, 0.2) is 0 Å². The number of hydrogen-bond donors (Lipinski definition) is 2. The van der Waals surface area contributed by atoms with Gasteiger partial charge in [-0.25, -0.2) is 0 Å². The lowest BCUT2D eigenvalue weighted by atomic mass is 9.43. The molecule has 0 heterocycles. The molecule has 0 amide bonds. The molecule has 9 atom stereocenters. The van der Waals surface area contributed by atoms with Crippen molar-refractivity contribution < 1.29 is 23.4 Å². The van der Waals surface area contributed by atoms with E-state index in [2.05, 4.69) is 20.8 Å². The second kappa shape index (κ2) is 7.86. The van der Waals surface area contributed by atoms with Crippen LogP contribution >= 0.6 is 0 Å². The van der Waals surface area contributed by atoms with Gasteiger partial charge in [-0.15, -0.1) is 0 Å². The Labute approximate surface area is 192 Å². The maximum absolute atomic E-state index is 13.6. The maximum Gasteiger partial charge on any atom is 0.417 e. The van der Waals surface area contributed by atoms with Gasteiger partial charge in [0.1, 0.15) is 0 Å². The molecule has 32 heavy (non-hydrogen) atoms. The molecule has 0 saturated heterocycles. The van der Waals surface area contributed by atoms with Crippen molar-refractivity contribution in [3.8, 4) is 0 Å². The van der Waals surface area contributed by atoms with Crippen LogP contribution in [0.1, 0.15) is 105 Å². The van der Waals surface area contributed by atoms with E-state index in [9.17, 15) is 23.4 Å². The van der Waals surface area contributed by atoms with Gasteiger partial charge in [0.2, 0.25) is 0 Å². The van der Waals surface area contributed by atoms with E-state index in [1.165, 1.54) is 19.3 Å². The smallest absolute Gasteiger partial charge is 0.390 e. The van der Waals surface area contributed by atoms with E-state index in [4.69, 9.17) is 0 Å². The summed E-state index contributed by atoms with van der Waals surface area (Å²) < 4.78 is 40.7.